The number of urea groups is 1. The van der Waals surface area contributed by atoms with Crippen LogP contribution in [0.2, 0.25) is 0 Å². The minimum absolute atomic E-state index is 0.00543. The Labute approximate surface area is 118 Å². The summed E-state index contributed by atoms with van der Waals surface area (Å²) in [7, 11) is 0. The van der Waals surface area contributed by atoms with E-state index in [1.54, 1.807) is 0 Å². The number of carbonyl (C=O) groups is 2. The Hall–Kier alpha value is -1.63. The van der Waals surface area contributed by atoms with Gasteiger partial charge in [0.15, 0.2) is 0 Å². The number of hydrogen-bond donors (Lipinski definition) is 2. The maximum absolute atomic E-state index is 13.5. The molecule has 0 unspecified atom stereocenters. The SMILES string of the molecule is CCCN(CC(=O)O)C(=O)Nc1cc(Br)ccc1F. The summed E-state index contributed by atoms with van der Waals surface area (Å²) in [5.74, 6) is -1.69. The molecule has 0 bridgehead atoms. The number of rotatable bonds is 5. The first-order valence-electron chi connectivity index (χ1n) is 5.66. The number of hydrogen-bond acceptors (Lipinski definition) is 2. The van der Waals surface area contributed by atoms with Crippen molar-refractivity contribution in [3.8, 4) is 0 Å². The van der Waals surface area contributed by atoms with Gasteiger partial charge in [-0.3, -0.25) is 4.79 Å². The average Bonchev–Trinajstić information content (AvgIpc) is 2.32. The Morgan fingerprint density at radius 2 is 2.16 bits per heavy atom. The molecule has 0 heterocycles. The molecule has 1 rings (SSSR count). The molecule has 2 amide bonds. The van der Waals surface area contributed by atoms with Gasteiger partial charge >= 0.3 is 12.0 Å². The molecular weight excluding hydrogens is 319 g/mol. The fourth-order valence-corrected chi connectivity index (χ4v) is 1.83. The molecule has 2 N–H and O–H groups in total. The lowest BCUT2D eigenvalue weighted by atomic mass is 10.3. The van der Waals surface area contributed by atoms with Crippen molar-refractivity contribution in [1.29, 1.82) is 0 Å². The Morgan fingerprint density at radius 1 is 1.47 bits per heavy atom. The van der Waals surface area contributed by atoms with E-state index >= 15 is 0 Å². The number of nitrogens with zero attached hydrogens (tertiary/aromatic N) is 1. The van der Waals surface area contributed by atoms with Crippen LogP contribution in [-0.4, -0.2) is 35.1 Å². The van der Waals surface area contributed by atoms with Crippen LogP contribution in [0.25, 0.3) is 0 Å². The lowest BCUT2D eigenvalue weighted by molar-refractivity contribution is -0.137. The third-order valence-corrected chi connectivity index (χ3v) is 2.77. The average molecular weight is 333 g/mol. The van der Waals surface area contributed by atoms with Gasteiger partial charge in [-0.25, -0.2) is 9.18 Å². The van der Waals surface area contributed by atoms with Crippen LogP contribution in [0.5, 0.6) is 0 Å². The van der Waals surface area contributed by atoms with Crippen LogP contribution in [0.4, 0.5) is 14.9 Å². The van der Waals surface area contributed by atoms with E-state index in [0.717, 1.165) is 4.90 Å². The van der Waals surface area contributed by atoms with Gasteiger partial charge in [0.25, 0.3) is 0 Å². The number of carboxylic acids is 1. The van der Waals surface area contributed by atoms with Crippen molar-refractivity contribution in [3.63, 3.8) is 0 Å². The fraction of sp³-hybridized carbons (Fsp3) is 0.333. The zero-order valence-electron chi connectivity index (χ0n) is 10.3. The lowest BCUT2D eigenvalue weighted by Crippen LogP contribution is -2.39. The quantitative estimate of drug-likeness (QED) is 0.870. The van der Waals surface area contributed by atoms with Crippen LogP contribution >= 0.6 is 15.9 Å². The highest BCUT2D eigenvalue weighted by molar-refractivity contribution is 9.10. The maximum atomic E-state index is 13.5. The molecule has 19 heavy (non-hydrogen) atoms. The van der Waals surface area contributed by atoms with Gasteiger partial charge < -0.3 is 15.3 Å². The molecule has 0 aliphatic carbocycles. The molecule has 0 atom stereocenters. The van der Waals surface area contributed by atoms with Gasteiger partial charge in [0.2, 0.25) is 0 Å². The molecule has 0 spiro atoms. The van der Waals surface area contributed by atoms with Gasteiger partial charge in [-0.15, -0.1) is 0 Å². The van der Waals surface area contributed by atoms with E-state index in [2.05, 4.69) is 21.2 Å². The van der Waals surface area contributed by atoms with Crippen LogP contribution in [0.1, 0.15) is 13.3 Å². The Bertz CT molecular complexity index is 482. The maximum Gasteiger partial charge on any atom is 0.323 e. The van der Waals surface area contributed by atoms with Gasteiger partial charge in [-0.05, 0) is 24.6 Å². The highest BCUT2D eigenvalue weighted by Gasteiger charge is 2.17. The first-order chi connectivity index (χ1) is 8.93. The molecule has 0 saturated heterocycles. The summed E-state index contributed by atoms with van der Waals surface area (Å²) in [4.78, 5) is 23.6. The molecule has 104 valence electrons. The Morgan fingerprint density at radius 3 is 2.74 bits per heavy atom. The monoisotopic (exact) mass is 332 g/mol. The number of aliphatic carboxylic acids is 1. The molecule has 5 nitrogen and oxygen atoms in total. The topological polar surface area (TPSA) is 69.6 Å². The predicted molar refractivity (Wildman–Crippen MR) is 72.6 cm³/mol. The van der Waals surface area contributed by atoms with E-state index in [1.807, 2.05) is 6.92 Å². The lowest BCUT2D eigenvalue weighted by Gasteiger charge is -2.20. The van der Waals surface area contributed by atoms with E-state index in [-0.39, 0.29) is 12.2 Å². The summed E-state index contributed by atoms with van der Waals surface area (Å²) in [6.07, 6.45) is 0.613. The number of nitrogens with one attached hydrogen (secondary N) is 1. The van der Waals surface area contributed by atoms with Crippen LogP contribution in [0.15, 0.2) is 22.7 Å². The fourth-order valence-electron chi connectivity index (χ4n) is 1.47. The van der Waals surface area contributed by atoms with E-state index in [0.29, 0.717) is 10.9 Å². The van der Waals surface area contributed by atoms with Crippen molar-refractivity contribution in [2.75, 3.05) is 18.4 Å². The largest absolute Gasteiger partial charge is 0.480 e. The molecule has 0 aromatic heterocycles. The summed E-state index contributed by atoms with van der Waals surface area (Å²) in [5.41, 5.74) is 0.00543. The minimum Gasteiger partial charge on any atom is -0.480 e. The van der Waals surface area contributed by atoms with Gasteiger partial charge in [0.05, 0.1) is 5.69 Å². The number of halogens is 2. The van der Waals surface area contributed by atoms with Crippen LogP contribution in [0.3, 0.4) is 0 Å². The van der Waals surface area contributed by atoms with E-state index in [9.17, 15) is 14.0 Å². The normalized spacial score (nSPS) is 10.1. The van der Waals surface area contributed by atoms with Crippen molar-refractivity contribution in [1.82, 2.24) is 4.90 Å². The van der Waals surface area contributed by atoms with Crippen LogP contribution < -0.4 is 5.32 Å². The second-order valence-electron chi connectivity index (χ2n) is 3.87. The summed E-state index contributed by atoms with van der Waals surface area (Å²) < 4.78 is 14.1. The zero-order valence-corrected chi connectivity index (χ0v) is 11.9. The van der Waals surface area contributed by atoms with Gasteiger partial charge in [0.1, 0.15) is 12.4 Å². The van der Waals surface area contributed by atoms with Gasteiger partial charge in [0, 0.05) is 11.0 Å². The van der Waals surface area contributed by atoms with Crippen molar-refractivity contribution in [3.05, 3.63) is 28.5 Å². The van der Waals surface area contributed by atoms with E-state index in [1.165, 1.54) is 18.2 Å². The van der Waals surface area contributed by atoms with Crippen LogP contribution in [0, 0.1) is 5.82 Å². The molecule has 0 aliphatic rings. The third kappa shape index (κ3) is 4.86. The summed E-state index contributed by atoms with van der Waals surface area (Å²) >= 11 is 3.17. The predicted octanol–water partition coefficient (Wildman–Crippen LogP) is 2.92. The smallest absolute Gasteiger partial charge is 0.323 e. The minimum atomic E-state index is -1.11. The number of carbonyl (C=O) groups excluding carboxylic acids is 1. The first-order valence-corrected chi connectivity index (χ1v) is 6.46. The number of anilines is 1. The molecule has 0 radical (unpaired) electrons. The standard InChI is InChI=1S/C12H14BrFN2O3/c1-2-5-16(7-11(17)18)12(19)15-10-6-8(13)3-4-9(10)14/h3-4,6H,2,5,7H2,1H3,(H,15,19)(H,17,18). The number of benzene rings is 1. The molecule has 0 aliphatic heterocycles. The van der Waals surface area contributed by atoms with E-state index in [4.69, 9.17) is 5.11 Å². The van der Waals surface area contributed by atoms with Crippen molar-refractivity contribution in [2.24, 2.45) is 0 Å². The highest BCUT2D eigenvalue weighted by atomic mass is 79.9. The number of carboxylic acid groups (broad SMARTS) is 1. The molecule has 7 heteroatoms. The van der Waals surface area contributed by atoms with Crippen molar-refractivity contribution >= 4 is 33.6 Å². The number of amides is 2. The third-order valence-electron chi connectivity index (χ3n) is 2.28. The second kappa shape index (κ2) is 7.08. The molecule has 1 aromatic rings. The molecule has 0 saturated carbocycles. The zero-order chi connectivity index (χ0) is 14.4. The van der Waals surface area contributed by atoms with Crippen LogP contribution in [-0.2, 0) is 4.79 Å². The molecular formula is C12H14BrFN2O3. The van der Waals surface area contributed by atoms with Crippen molar-refractivity contribution < 1.29 is 19.1 Å². The summed E-state index contributed by atoms with van der Waals surface area (Å²) in [5, 5.41) is 11.1. The Kier molecular flexibility index (Phi) is 5.75. The van der Waals surface area contributed by atoms with Gasteiger partial charge in [-0.2, -0.15) is 0 Å². The highest BCUT2D eigenvalue weighted by Crippen LogP contribution is 2.20. The second-order valence-corrected chi connectivity index (χ2v) is 4.79. The Balaban J connectivity index is 2.80. The van der Waals surface area contributed by atoms with E-state index < -0.39 is 24.4 Å². The molecule has 0 fully saturated rings. The van der Waals surface area contributed by atoms with Crippen molar-refractivity contribution in [2.45, 2.75) is 13.3 Å². The van der Waals surface area contributed by atoms with Gasteiger partial charge in [-0.1, -0.05) is 22.9 Å². The summed E-state index contributed by atoms with van der Waals surface area (Å²) in [6, 6.07) is 3.49. The first kappa shape index (κ1) is 15.4. The molecule has 1 aromatic carbocycles. The summed E-state index contributed by atoms with van der Waals surface area (Å²) in [6.45, 7) is 1.69.